The largest absolute Gasteiger partial charge is 0.456 e. The summed E-state index contributed by atoms with van der Waals surface area (Å²) in [4.78, 5) is 15.4. The lowest BCUT2D eigenvalue weighted by Crippen LogP contribution is -2.00. The minimum atomic E-state index is 0.559. The molecule has 14 aromatic rings. The summed E-state index contributed by atoms with van der Waals surface area (Å²) in [5.41, 5.74) is 16.2. The van der Waals surface area contributed by atoms with Crippen molar-refractivity contribution in [3.8, 4) is 73.2 Å². The molecule has 0 fully saturated rings. The number of hydrogen-bond acceptors (Lipinski definition) is 5. The molecule has 4 aromatic heterocycles. The van der Waals surface area contributed by atoms with E-state index in [1.165, 1.54) is 32.9 Å². The molecule has 10 aromatic carbocycles. The van der Waals surface area contributed by atoms with Crippen LogP contribution in [0, 0.1) is 0 Å². The fourth-order valence-electron chi connectivity index (χ4n) is 10.2. The van der Waals surface area contributed by atoms with Crippen LogP contribution in [-0.4, -0.2) is 19.5 Å². The highest BCUT2D eigenvalue weighted by atomic mass is 16.3. The number of nitrogens with zero attached hydrogens (tertiary/aromatic N) is 4. The highest BCUT2D eigenvalue weighted by Crippen LogP contribution is 2.41. The summed E-state index contributed by atoms with van der Waals surface area (Å²) in [5.74, 6) is 1.71. The molecule has 0 aliphatic rings. The molecule has 0 saturated heterocycles. The first-order valence-corrected chi connectivity index (χ1v) is 23.2. The van der Waals surface area contributed by atoms with E-state index in [4.69, 9.17) is 23.8 Å². The number of benzene rings is 10. The molecular weight excluding hydrogens is 845 g/mol. The van der Waals surface area contributed by atoms with Gasteiger partial charge in [-0.25, -0.2) is 15.0 Å². The molecule has 69 heavy (non-hydrogen) atoms. The summed E-state index contributed by atoms with van der Waals surface area (Å²) < 4.78 is 15.2. The summed E-state index contributed by atoms with van der Waals surface area (Å²) in [6, 6.07) is 80.7. The Morgan fingerprint density at radius 1 is 0.275 bits per heavy atom. The second-order valence-corrected chi connectivity index (χ2v) is 17.6. The van der Waals surface area contributed by atoms with Crippen molar-refractivity contribution >= 4 is 65.7 Å². The first-order chi connectivity index (χ1) is 34.2. The Morgan fingerprint density at radius 3 is 1.55 bits per heavy atom. The van der Waals surface area contributed by atoms with Gasteiger partial charge in [0, 0.05) is 54.7 Å². The second-order valence-electron chi connectivity index (χ2n) is 17.6. The molecule has 0 saturated carbocycles. The van der Waals surface area contributed by atoms with E-state index in [2.05, 4.69) is 168 Å². The van der Waals surface area contributed by atoms with Gasteiger partial charge in [-0.1, -0.05) is 152 Å². The monoisotopic (exact) mass is 882 g/mol. The predicted molar refractivity (Wildman–Crippen MR) is 281 cm³/mol. The maximum atomic E-state index is 6.55. The molecular formula is C63H38N4O2. The molecule has 0 atom stereocenters. The average Bonchev–Trinajstić information content (AvgIpc) is 4.10. The molecule has 0 aliphatic carbocycles. The Hall–Kier alpha value is -9.39. The number of aromatic nitrogens is 4. The van der Waals surface area contributed by atoms with Gasteiger partial charge in [-0.2, -0.15) is 0 Å². The number of rotatable bonds is 7. The van der Waals surface area contributed by atoms with Crippen LogP contribution in [0.5, 0.6) is 0 Å². The van der Waals surface area contributed by atoms with Gasteiger partial charge < -0.3 is 13.4 Å². The third-order valence-electron chi connectivity index (χ3n) is 13.5. The minimum Gasteiger partial charge on any atom is -0.456 e. The maximum absolute atomic E-state index is 6.55. The summed E-state index contributed by atoms with van der Waals surface area (Å²) >= 11 is 0. The quantitative estimate of drug-likeness (QED) is 0.159. The summed E-state index contributed by atoms with van der Waals surface area (Å²) in [6.07, 6.45) is 0. The molecule has 0 unspecified atom stereocenters. The van der Waals surface area contributed by atoms with E-state index < -0.39 is 0 Å². The Bertz CT molecular complexity index is 4320. The van der Waals surface area contributed by atoms with Crippen LogP contribution in [0.4, 0.5) is 0 Å². The van der Waals surface area contributed by atoms with Crippen molar-refractivity contribution in [2.45, 2.75) is 0 Å². The molecule has 6 nitrogen and oxygen atoms in total. The van der Waals surface area contributed by atoms with E-state index in [0.717, 1.165) is 88.5 Å². The van der Waals surface area contributed by atoms with Gasteiger partial charge in [-0.3, -0.25) is 0 Å². The normalized spacial score (nSPS) is 11.8. The smallest absolute Gasteiger partial charge is 0.164 e. The lowest BCUT2D eigenvalue weighted by molar-refractivity contribution is 0.668. The molecule has 0 aliphatic heterocycles. The average molecular weight is 883 g/mol. The van der Waals surface area contributed by atoms with E-state index in [-0.39, 0.29) is 0 Å². The first-order valence-electron chi connectivity index (χ1n) is 23.2. The van der Waals surface area contributed by atoms with Crippen molar-refractivity contribution < 1.29 is 8.83 Å². The molecule has 0 radical (unpaired) electrons. The van der Waals surface area contributed by atoms with Crippen molar-refractivity contribution in [2.75, 3.05) is 0 Å². The summed E-state index contributed by atoms with van der Waals surface area (Å²) in [5, 5.41) is 6.54. The van der Waals surface area contributed by atoms with Crippen molar-refractivity contribution in [1.29, 1.82) is 0 Å². The number of fused-ring (bicyclic) bond motifs is 9. The zero-order valence-corrected chi connectivity index (χ0v) is 37.0. The second kappa shape index (κ2) is 15.6. The van der Waals surface area contributed by atoms with Gasteiger partial charge in [0.05, 0.1) is 11.0 Å². The Labute approximate surface area is 396 Å². The lowest BCUT2D eigenvalue weighted by Gasteiger charge is -2.10. The Balaban J connectivity index is 0.849. The van der Waals surface area contributed by atoms with Gasteiger partial charge in [0.25, 0.3) is 0 Å². The highest BCUT2D eigenvalue weighted by Gasteiger charge is 2.20. The summed E-state index contributed by atoms with van der Waals surface area (Å²) in [6.45, 7) is 0. The first kappa shape index (κ1) is 38.8. The van der Waals surface area contributed by atoms with Gasteiger partial charge >= 0.3 is 0 Å². The van der Waals surface area contributed by atoms with Crippen LogP contribution in [0.15, 0.2) is 239 Å². The van der Waals surface area contributed by atoms with E-state index in [0.29, 0.717) is 17.5 Å². The van der Waals surface area contributed by atoms with E-state index in [1.807, 2.05) is 66.7 Å². The zero-order chi connectivity index (χ0) is 45.4. The standard InChI is InChI=1S/C63H38N4O2/c1-3-14-39(15-4-1)61-64-62(46-28-31-50-49-23-8-10-26-56(49)69-59(50)38-46)66-63(65-61)51-24-13-27-58-60(51)53-37-45(30-33-57(53)68-58)43-19-12-17-41(35-43)40-16-11-18-42(34-40)44-29-32-55-52(36-44)48-22-7-9-25-54(48)67(55)47-20-5-2-6-21-47/h1-38H. The van der Waals surface area contributed by atoms with Gasteiger partial charge in [-0.15, -0.1) is 0 Å². The van der Waals surface area contributed by atoms with Crippen molar-refractivity contribution in [2.24, 2.45) is 0 Å². The number of para-hydroxylation sites is 3. The van der Waals surface area contributed by atoms with Crippen LogP contribution in [0.1, 0.15) is 0 Å². The molecule has 14 rings (SSSR count). The van der Waals surface area contributed by atoms with Crippen LogP contribution in [0.3, 0.4) is 0 Å². The maximum Gasteiger partial charge on any atom is 0.164 e. The molecule has 0 spiro atoms. The fraction of sp³-hybridized carbons (Fsp3) is 0. The molecule has 6 heteroatoms. The number of hydrogen-bond donors (Lipinski definition) is 0. The fourth-order valence-corrected chi connectivity index (χ4v) is 10.2. The topological polar surface area (TPSA) is 69.9 Å². The highest BCUT2D eigenvalue weighted by molar-refractivity contribution is 6.13. The van der Waals surface area contributed by atoms with Crippen molar-refractivity contribution in [3.05, 3.63) is 231 Å². The van der Waals surface area contributed by atoms with Crippen molar-refractivity contribution in [3.63, 3.8) is 0 Å². The van der Waals surface area contributed by atoms with Crippen LogP contribution in [0.2, 0.25) is 0 Å². The van der Waals surface area contributed by atoms with Gasteiger partial charge in [0.1, 0.15) is 22.3 Å². The van der Waals surface area contributed by atoms with Crippen LogP contribution in [-0.2, 0) is 0 Å². The third kappa shape index (κ3) is 6.53. The molecule has 0 N–H and O–H groups in total. The van der Waals surface area contributed by atoms with Crippen molar-refractivity contribution in [1.82, 2.24) is 19.5 Å². The Morgan fingerprint density at radius 2 is 0.783 bits per heavy atom. The molecule has 0 amide bonds. The molecule has 0 bridgehead atoms. The minimum absolute atomic E-state index is 0.559. The zero-order valence-electron chi connectivity index (χ0n) is 37.0. The molecule has 4 heterocycles. The number of furan rings is 2. The van der Waals surface area contributed by atoms with Gasteiger partial charge in [0.2, 0.25) is 0 Å². The van der Waals surface area contributed by atoms with Crippen LogP contribution >= 0.6 is 0 Å². The van der Waals surface area contributed by atoms with Gasteiger partial charge in [-0.05, 0) is 112 Å². The van der Waals surface area contributed by atoms with Crippen LogP contribution < -0.4 is 0 Å². The van der Waals surface area contributed by atoms with E-state index in [1.54, 1.807) is 0 Å². The predicted octanol–water partition coefficient (Wildman–Crippen LogP) is 16.8. The molecule has 322 valence electrons. The van der Waals surface area contributed by atoms with Crippen LogP contribution in [0.25, 0.3) is 139 Å². The van der Waals surface area contributed by atoms with Gasteiger partial charge in [0.15, 0.2) is 17.5 Å². The third-order valence-corrected chi connectivity index (χ3v) is 13.5. The SMILES string of the molecule is c1ccc(-c2nc(-c3ccc4c(c3)oc3ccccc34)nc(-c3cccc4oc5ccc(-c6cccc(-c7cccc(-c8ccc9c(c8)c8ccccc8n9-c8ccccc8)c7)c6)cc5c34)n2)cc1. The lowest BCUT2D eigenvalue weighted by atomic mass is 9.95. The summed E-state index contributed by atoms with van der Waals surface area (Å²) in [7, 11) is 0. The van der Waals surface area contributed by atoms with E-state index in [9.17, 15) is 0 Å². The van der Waals surface area contributed by atoms with E-state index >= 15 is 0 Å². The Kier molecular flexibility index (Phi) is 8.79.